The molecule has 100 valence electrons. The Labute approximate surface area is 106 Å². The van der Waals surface area contributed by atoms with E-state index in [1.54, 1.807) is 0 Å². The van der Waals surface area contributed by atoms with Gasteiger partial charge in [-0.1, -0.05) is 19.2 Å². The average Bonchev–Trinajstić information content (AvgIpc) is 2.26. The lowest BCUT2D eigenvalue weighted by atomic mass is 10.1. The monoisotopic (exact) mass is 254 g/mol. The summed E-state index contributed by atoms with van der Waals surface area (Å²) in [6.07, 6.45) is 2.04. The quantitative estimate of drug-likeness (QED) is 0.300. The molecule has 0 heterocycles. The van der Waals surface area contributed by atoms with Crippen molar-refractivity contribution in [1.29, 1.82) is 0 Å². The SMILES string of the molecule is C=CC(CCCC(=O)OC(=O)C(=C)C)OC(C)=O. The highest BCUT2D eigenvalue weighted by Crippen LogP contribution is 2.08. The van der Waals surface area contributed by atoms with E-state index in [-0.39, 0.29) is 12.0 Å². The summed E-state index contributed by atoms with van der Waals surface area (Å²) >= 11 is 0. The lowest BCUT2D eigenvalue weighted by Gasteiger charge is -2.11. The van der Waals surface area contributed by atoms with Crippen LogP contribution in [0.3, 0.4) is 0 Å². The summed E-state index contributed by atoms with van der Waals surface area (Å²) < 4.78 is 9.41. The Kier molecular flexibility index (Phi) is 7.35. The fraction of sp³-hybridized carbons (Fsp3) is 0.462. The molecule has 0 aliphatic carbocycles. The second-order valence-electron chi connectivity index (χ2n) is 3.82. The van der Waals surface area contributed by atoms with Crippen molar-refractivity contribution in [2.24, 2.45) is 0 Å². The van der Waals surface area contributed by atoms with Crippen LogP contribution in [0.4, 0.5) is 0 Å². The molecule has 0 saturated carbocycles. The molecule has 5 nitrogen and oxygen atoms in total. The van der Waals surface area contributed by atoms with Gasteiger partial charge < -0.3 is 9.47 Å². The molecule has 0 aliphatic heterocycles. The number of esters is 3. The lowest BCUT2D eigenvalue weighted by molar-refractivity contribution is -0.156. The van der Waals surface area contributed by atoms with E-state index in [4.69, 9.17) is 4.74 Å². The van der Waals surface area contributed by atoms with E-state index in [2.05, 4.69) is 17.9 Å². The molecule has 0 N–H and O–H groups in total. The maximum Gasteiger partial charge on any atom is 0.340 e. The Bertz CT molecular complexity index is 356. The van der Waals surface area contributed by atoms with Gasteiger partial charge >= 0.3 is 17.9 Å². The number of carbonyl (C=O) groups excluding carboxylic acids is 3. The number of ether oxygens (including phenoxy) is 2. The number of hydrogen-bond donors (Lipinski definition) is 0. The van der Waals surface area contributed by atoms with Crippen molar-refractivity contribution in [2.75, 3.05) is 0 Å². The number of carbonyl (C=O) groups is 3. The minimum atomic E-state index is -0.722. The van der Waals surface area contributed by atoms with Crippen LogP contribution in [0.5, 0.6) is 0 Å². The van der Waals surface area contributed by atoms with Crippen molar-refractivity contribution in [3.05, 3.63) is 24.8 Å². The molecule has 0 aromatic heterocycles. The minimum absolute atomic E-state index is 0.0740. The third kappa shape index (κ3) is 7.38. The second-order valence-corrected chi connectivity index (χ2v) is 3.82. The maximum absolute atomic E-state index is 11.2. The van der Waals surface area contributed by atoms with Crippen molar-refractivity contribution in [1.82, 2.24) is 0 Å². The first kappa shape index (κ1) is 16.1. The molecular weight excluding hydrogens is 236 g/mol. The van der Waals surface area contributed by atoms with Gasteiger partial charge in [0.1, 0.15) is 6.10 Å². The Morgan fingerprint density at radius 1 is 1.28 bits per heavy atom. The summed E-state index contributed by atoms with van der Waals surface area (Å²) in [4.78, 5) is 33.0. The molecule has 0 radical (unpaired) electrons. The van der Waals surface area contributed by atoms with Crippen LogP contribution in [-0.4, -0.2) is 24.0 Å². The van der Waals surface area contributed by atoms with E-state index in [0.717, 1.165) is 0 Å². The van der Waals surface area contributed by atoms with Crippen LogP contribution in [0.25, 0.3) is 0 Å². The lowest BCUT2D eigenvalue weighted by Crippen LogP contribution is -2.15. The smallest absolute Gasteiger partial charge is 0.340 e. The predicted octanol–water partition coefficient (Wildman–Crippen LogP) is 1.92. The first-order chi connectivity index (χ1) is 8.36. The van der Waals surface area contributed by atoms with Crippen LogP contribution >= 0.6 is 0 Å². The Balaban J connectivity index is 3.92. The van der Waals surface area contributed by atoms with Crippen molar-refractivity contribution < 1.29 is 23.9 Å². The predicted molar refractivity (Wildman–Crippen MR) is 65.5 cm³/mol. The van der Waals surface area contributed by atoms with Gasteiger partial charge in [-0.2, -0.15) is 0 Å². The molecule has 0 rings (SSSR count). The van der Waals surface area contributed by atoms with Gasteiger partial charge in [0.2, 0.25) is 0 Å². The molecule has 0 bridgehead atoms. The van der Waals surface area contributed by atoms with E-state index in [0.29, 0.717) is 12.8 Å². The average molecular weight is 254 g/mol. The summed E-state index contributed by atoms with van der Waals surface area (Å²) in [5.74, 6) is -1.74. The summed E-state index contributed by atoms with van der Waals surface area (Å²) in [5, 5.41) is 0. The molecule has 5 heteroatoms. The van der Waals surface area contributed by atoms with Crippen LogP contribution in [0.15, 0.2) is 24.8 Å². The van der Waals surface area contributed by atoms with Crippen LogP contribution in [0.1, 0.15) is 33.1 Å². The van der Waals surface area contributed by atoms with E-state index < -0.39 is 24.0 Å². The molecule has 0 spiro atoms. The van der Waals surface area contributed by atoms with Gasteiger partial charge in [-0.25, -0.2) is 4.79 Å². The standard InChI is InChI=1S/C13H18O5/c1-5-11(17-10(4)14)7-6-8-12(15)18-13(16)9(2)3/h5,11H,1-2,6-8H2,3-4H3. The van der Waals surface area contributed by atoms with Crippen molar-refractivity contribution in [2.45, 2.75) is 39.2 Å². The Hall–Kier alpha value is -1.91. The molecule has 0 amide bonds. The molecule has 18 heavy (non-hydrogen) atoms. The van der Waals surface area contributed by atoms with Crippen LogP contribution < -0.4 is 0 Å². The summed E-state index contributed by atoms with van der Waals surface area (Å²) in [6.45, 7) is 9.65. The minimum Gasteiger partial charge on any atom is -0.458 e. The second kappa shape index (κ2) is 8.22. The van der Waals surface area contributed by atoms with E-state index >= 15 is 0 Å². The first-order valence-corrected chi connectivity index (χ1v) is 5.57. The van der Waals surface area contributed by atoms with Crippen LogP contribution in [0.2, 0.25) is 0 Å². The van der Waals surface area contributed by atoms with Gasteiger partial charge in [0, 0.05) is 18.9 Å². The molecule has 1 unspecified atom stereocenters. The van der Waals surface area contributed by atoms with E-state index in [1.165, 1.54) is 19.9 Å². The zero-order valence-corrected chi connectivity index (χ0v) is 10.7. The molecule has 0 fully saturated rings. The fourth-order valence-corrected chi connectivity index (χ4v) is 1.13. The molecular formula is C13H18O5. The van der Waals surface area contributed by atoms with Crippen LogP contribution in [0, 0.1) is 0 Å². The highest BCUT2D eigenvalue weighted by molar-refractivity contribution is 5.95. The summed E-state index contributed by atoms with van der Waals surface area (Å²) in [6, 6.07) is 0. The molecule has 0 saturated heterocycles. The first-order valence-electron chi connectivity index (χ1n) is 5.57. The topological polar surface area (TPSA) is 69.7 Å². The molecule has 0 aromatic carbocycles. The third-order valence-electron chi connectivity index (χ3n) is 2.00. The molecule has 0 aliphatic rings. The van der Waals surface area contributed by atoms with Gasteiger partial charge in [0.15, 0.2) is 0 Å². The van der Waals surface area contributed by atoms with E-state index in [1.807, 2.05) is 0 Å². The number of rotatable bonds is 7. The van der Waals surface area contributed by atoms with Crippen molar-refractivity contribution >= 4 is 17.9 Å². The van der Waals surface area contributed by atoms with Crippen molar-refractivity contribution in [3.63, 3.8) is 0 Å². The molecule has 0 aromatic rings. The maximum atomic E-state index is 11.2. The van der Waals surface area contributed by atoms with Gasteiger partial charge in [0.05, 0.1) is 0 Å². The zero-order chi connectivity index (χ0) is 14.1. The third-order valence-corrected chi connectivity index (χ3v) is 2.00. The summed E-state index contributed by atoms with van der Waals surface area (Å²) in [5.41, 5.74) is 0.173. The number of hydrogen-bond acceptors (Lipinski definition) is 5. The summed E-state index contributed by atoms with van der Waals surface area (Å²) in [7, 11) is 0. The van der Waals surface area contributed by atoms with Gasteiger partial charge in [-0.3, -0.25) is 9.59 Å². The highest BCUT2D eigenvalue weighted by atomic mass is 16.6. The van der Waals surface area contributed by atoms with Crippen LogP contribution in [-0.2, 0) is 23.9 Å². The fourth-order valence-electron chi connectivity index (χ4n) is 1.13. The Morgan fingerprint density at radius 3 is 2.33 bits per heavy atom. The highest BCUT2D eigenvalue weighted by Gasteiger charge is 2.13. The largest absolute Gasteiger partial charge is 0.458 e. The van der Waals surface area contributed by atoms with Crippen molar-refractivity contribution in [3.8, 4) is 0 Å². The Morgan fingerprint density at radius 2 is 1.89 bits per heavy atom. The molecule has 1 atom stereocenters. The van der Waals surface area contributed by atoms with E-state index in [9.17, 15) is 14.4 Å². The van der Waals surface area contributed by atoms with Gasteiger partial charge in [-0.05, 0) is 19.8 Å². The van der Waals surface area contributed by atoms with Gasteiger partial charge in [0.25, 0.3) is 0 Å². The van der Waals surface area contributed by atoms with Gasteiger partial charge in [-0.15, -0.1) is 0 Å². The normalized spacial score (nSPS) is 11.2. The zero-order valence-electron chi connectivity index (χ0n) is 10.7.